The largest absolute Gasteiger partial charge is 0.381 e. The van der Waals surface area contributed by atoms with Crippen molar-refractivity contribution in [3.05, 3.63) is 16.0 Å². The summed E-state index contributed by atoms with van der Waals surface area (Å²) in [5.41, 5.74) is 7.53. The molecular weight excluding hydrogens is 194 g/mol. The summed E-state index contributed by atoms with van der Waals surface area (Å²) in [6.07, 6.45) is 0. The van der Waals surface area contributed by atoms with E-state index in [-0.39, 0.29) is 0 Å². The van der Waals surface area contributed by atoms with Crippen molar-refractivity contribution in [3.63, 3.8) is 0 Å². The highest BCUT2D eigenvalue weighted by atomic mass is 32.1. The normalized spacial score (nSPS) is 9.57. The zero-order valence-electron chi connectivity index (χ0n) is 9.51. The molecule has 0 aromatic carbocycles. The van der Waals surface area contributed by atoms with E-state index >= 15 is 0 Å². The molecule has 0 amide bonds. The summed E-state index contributed by atoms with van der Waals surface area (Å²) < 4.78 is 0.532. The lowest BCUT2D eigenvalue weighted by molar-refractivity contribution is 0.794. The highest BCUT2D eigenvalue weighted by Crippen LogP contribution is 2.15. The molecule has 1 aromatic rings. The topological polar surface area (TPSA) is 54.7 Å². The molecule has 0 unspecified atom stereocenters. The summed E-state index contributed by atoms with van der Waals surface area (Å²) in [6.45, 7) is 10.1. The monoisotopic (exact) mass is 213 g/mol. The number of aromatic nitrogens is 2. The van der Waals surface area contributed by atoms with Gasteiger partial charge in [-0.25, -0.2) is 4.98 Å². The van der Waals surface area contributed by atoms with Gasteiger partial charge in [0.05, 0.1) is 5.69 Å². The smallest absolute Gasteiger partial charge is 0.158 e. The molecule has 1 rings (SSSR count). The second-order valence-corrected chi connectivity index (χ2v) is 3.51. The van der Waals surface area contributed by atoms with Gasteiger partial charge in [-0.2, -0.15) is 0 Å². The van der Waals surface area contributed by atoms with Gasteiger partial charge in [-0.05, 0) is 12.8 Å². The standard InChI is InChI=1S/C8H13N3S.C2H6/c1-4(2)6-5(3)10-7(9)8(12)11-6;1-2/h4H,1-3H3,(H2,9,10)(H,11,12);1-2H3. The Labute approximate surface area is 90.8 Å². The molecule has 4 heteroatoms. The van der Waals surface area contributed by atoms with E-state index in [1.165, 1.54) is 0 Å². The van der Waals surface area contributed by atoms with Gasteiger partial charge < -0.3 is 10.7 Å². The predicted octanol–water partition coefficient (Wildman–Crippen LogP) is 3.18. The number of H-pyrrole nitrogens is 1. The molecule has 0 fully saturated rings. The molecule has 14 heavy (non-hydrogen) atoms. The van der Waals surface area contributed by atoms with Gasteiger partial charge in [0.2, 0.25) is 0 Å². The SMILES string of the molecule is CC.Cc1nc(N)c(=S)[nH]c1C(C)C. The van der Waals surface area contributed by atoms with Gasteiger partial charge in [-0.15, -0.1) is 0 Å². The first kappa shape index (κ1) is 13.1. The van der Waals surface area contributed by atoms with Crippen LogP contribution in [0.3, 0.4) is 0 Å². The number of hydrogen-bond acceptors (Lipinski definition) is 3. The van der Waals surface area contributed by atoms with Crippen LogP contribution in [0, 0.1) is 11.6 Å². The molecule has 3 nitrogen and oxygen atoms in total. The molecule has 0 spiro atoms. The molecule has 0 saturated heterocycles. The first-order chi connectivity index (χ1) is 6.52. The van der Waals surface area contributed by atoms with E-state index in [2.05, 4.69) is 23.8 Å². The van der Waals surface area contributed by atoms with Crippen LogP contribution >= 0.6 is 12.2 Å². The second kappa shape index (κ2) is 5.75. The van der Waals surface area contributed by atoms with E-state index in [0.29, 0.717) is 16.4 Å². The molecule has 1 heterocycles. The highest BCUT2D eigenvalue weighted by Gasteiger charge is 2.05. The van der Waals surface area contributed by atoms with Crippen LogP contribution in [0.2, 0.25) is 0 Å². The number of nitrogens with zero attached hydrogens (tertiary/aromatic N) is 1. The Morgan fingerprint density at radius 2 is 1.86 bits per heavy atom. The van der Waals surface area contributed by atoms with Crippen LogP contribution in [0.15, 0.2) is 0 Å². The predicted molar refractivity (Wildman–Crippen MR) is 64.0 cm³/mol. The number of aromatic amines is 1. The Morgan fingerprint density at radius 1 is 1.36 bits per heavy atom. The molecule has 0 aliphatic rings. The number of nitrogen functional groups attached to an aromatic ring is 1. The van der Waals surface area contributed by atoms with Crippen LogP contribution in [-0.2, 0) is 0 Å². The maximum atomic E-state index is 5.54. The number of nitrogens with one attached hydrogen (secondary N) is 1. The number of anilines is 1. The van der Waals surface area contributed by atoms with E-state index in [1.807, 2.05) is 20.8 Å². The molecule has 0 aliphatic heterocycles. The summed E-state index contributed by atoms with van der Waals surface area (Å²) in [4.78, 5) is 7.21. The van der Waals surface area contributed by atoms with E-state index in [4.69, 9.17) is 18.0 Å². The van der Waals surface area contributed by atoms with Crippen LogP contribution in [0.1, 0.15) is 45.0 Å². The minimum Gasteiger partial charge on any atom is -0.381 e. The fourth-order valence-corrected chi connectivity index (χ4v) is 1.29. The quantitative estimate of drug-likeness (QED) is 0.704. The van der Waals surface area contributed by atoms with Crippen molar-refractivity contribution >= 4 is 18.0 Å². The van der Waals surface area contributed by atoms with Crippen molar-refractivity contribution in [2.75, 3.05) is 5.73 Å². The Bertz CT molecular complexity index is 342. The Balaban J connectivity index is 0.000000791. The van der Waals surface area contributed by atoms with Crippen molar-refractivity contribution in [1.82, 2.24) is 9.97 Å². The summed E-state index contributed by atoms with van der Waals surface area (Å²) in [5.74, 6) is 0.812. The van der Waals surface area contributed by atoms with Gasteiger partial charge in [-0.3, -0.25) is 0 Å². The third-order valence-electron chi connectivity index (χ3n) is 1.74. The van der Waals surface area contributed by atoms with Gasteiger partial charge in [-0.1, -0.05) is 39.9 Å². The number of nitrogens with two attached hydrogens (primary N) is 1. The van der Waals surface area contributed by atoms with Gasteiger partial charge in [0.25, 0.3) is 0 Å². The Morgan fingerprint density at radius 3 is 2.29 bits per heavy atom. The van der Waals surface area contributed by atoms with E-state index in [0.717, 1.165) is 11.4 Å². The van der Waals surface area contributed by atoms with Crippen LogP contribution < -0.4 is 5.73 Å². The number of hydrogen-bond donors (Lipinski definition) is 2. The van der Waals surface area contributed by atoms with Crippen LogP contribution in [0.4, 0.5) is 5.82 Å². The summed E-state index contributed by atoms with van der Waals surface area (Å²) >= 11 is 4.98. The third kappa shape index (κ3) is 3.10. The van der Waals surface area contributed by atoms with E-state index in [1.54, 1.807) is 0 Å². The van der Waals surface area contributed by atoms with Crippen molar-refractivity contribution in [2.24, 2.45) is 0 Å². The molecule has 80 valence electrons. The maximum Gasteiger partial charge on any atom is 0.158 e. The van der Waals surface area contributed by atoms with Gasteiger partial charge in [0, 0.05) is 5.69 Å². The van der Waals surface area contributed by atoms with Gasteiger partial charge in [0.1, 0.15) is 4.64 Å². The second-order valence-electron chi connectivity index (χ2n) is 3.10. The average molecular weight is 213 g/mol. The highest BCUT2D eigenvalue weighted by molar-refractivity contribution is 7.71. The summed E-state index contributed by atoms with van der Waals surface area (Å²) in [5, 5.41) is 0. The summed E-state index contributed by atoms with van der Waals surface area (Å²) in [6, 6.07) is 0. The van der Waals surface area contributed by atoms with Crippen molar-refractivity contribution in [1.29, 1.82) is 0 Å². The van der Waals surface area contributed by atoms with Crippen molar-refractivity contribution in [2.45, 2.75) is 40.5 Å². The zero-order valence-corrected chi connectivity index (χ0v) is 10.3. The number of aryl methyl sites for hydroxylation is 1. The minimum atomic E-state index is 0.403. The molecule has 0 bridgehead atoms. The lowest BCUT2D eigenvalue weighted by atomic mass is 10.1. The third-order valence-corrected chi connectivity index (χ3v) is 2.05. The van der Waals surface area contributed by atoms with Crippen LogP contribution in [-0.4, -0.2) is 9.97 Å². The van der Waals surface area contributed by atoms with Gasteiger partial charge in [0.15, 0.2) is 5.82 Å². The summed E-state index contributed by atoms with van der Waals surface area (Å²) in [7, 11) is 0. The molecular formula is C10H19N3S. The molecule has 1 aromatic heterocycles. The van der Waals surface area contributed by atoms with E-state index < -0.39 is 0 Å². The van der Waals surface area contributed by atoms with Crippen molar-refractivity contribution < 1.29 is 0 Å². The molecule has 0 radical (unpaired) electrons. The van der Waals surface area contributed by atoms with E-state index in [9.17, 15) is 0 Å². The lowest BCUT2D eigenvalue weighted by Gasteiger charge is -2.08. The average Bonchev–Trinajstić information content (AvgIpc) is 2.14. The fourth-order valence-electron chi connectivity index (χ4n) is 1.13. The Kier molecular flexibility index (Phi) is 5.38. The fraction of sp³-hybridized carbons (Fsp3) is 0.600. The molecule has 0 atom stereocenters. The van der Waals surface area contributed by atoms with Gasteiger partial charge >= 0.3 is 0 Å². The molecule has 0 aliphatic carbocycles. The molecule has 0 saturated carbocycles. The van der Waals surface area contributed by atoms with Crippen LogP contribution in [0.25, 0.3) is 0 Å². The Hall–Kier alpha value is -0.900. The van der Waals surface area contributed by atoms with Crippen LogP contribution in [0.5, 0.6) is 0 Å². The first-order valence-corrected chi connectivity index (χ1v) is 5.29. The lowest BCUT2D eigenvalue weighted by Crippen LogP contribution is -2.03. The minimum absolute atomic E-state index is 0.403. The zero-order chi connectivity index (χ0) is 11.3. The van der Waals surface area contributed by atoms with Crippen molar-refractivity contribution in [3.8, 4) is 0 Å². The first-order valence-electron chi connectivity index (χ1n) is 4.88. The number of rotatable bonds is 1. The molecule has 3 N–H and O–H groups in total. The maximum absolute atomic E-state index is 5.54.